The largest absolute Gasteiger partial charge is 0.435 e. The number of halogens is 2. The van der Waals surface area contributed by atoms with Crippen molar-refractivity contribution in [3.63, 3.8) is 0 Å². The first kappa shape index (κ1) is 30.8. The van der Waals surface area contributed by atoms with E-state index in [0.29, 0.717) is 5.78 Å². The van der Waals surface area contributed by atoms with Gasteiger partial charge in [0.2, 0.25) is 0 Å². The molecule has 0 bridgehead atoms. The average molecular weight is 588 g/mol. The van der Waals surface area contributed by atoms with E-state index in [4.69, 9.17) is 0 Å². The van der Waals surface area contributed by atoms with Crippen molar-refractivity contribution in [2.24, 2.45) is 28.2 Å². The summed E-state index contributed by atoms with van der Waals surface area (Å²) >= 11 is 0. The zero-order valence-corrected chi connectivity index (χ0v) is 25.3. The summed E-state index contributed by atoms with van der Waals surface area (Å²) in [6, 6.07) is 12.7. The number of Topliss-reactive ketones (excluding diaryl/α,β-unsaturated/α-hetero) is 2. The van der Waals surface area contributed by atoms with Crippen molar-refractivity contribution in [1.29, 1.82) is 0 Å². The highest BCUT2D eigenvalue weighted by molar-refractivity contribution is 6.09. The van der Waals surface area contributed by atoms with Crippen LogP contribution in [0.4, 0.5) is 8.78 Å². The van der Waals surface area contributed by atoms with Crippen molar-refractivity contribution in [1.82, 2.24) is 0 Å². The van der Waals surface area contributed by atoms with E-state index in [0.717, 1.165) is 66.5 Å². The molecule has 4 aliphatic rings. The molecule has 1 atom stereocenters. The maximum Gasteiger partial charge on any atom is 0.387 e. The summed E-state index contributed by atoms with van der Waals surface area (Å²) in [5.41, 5.74) is 6.11. The number of fused-ring (bicyclic) bond motifs is 1. The van der Waals surface area contributed by atoms with E-state index >= 15 is 0 Å². The molecule has 228 valence electrons. The minimum absolute atomic E-state index is 0. The number of alkyl halides is 2. The summed E-state index contributed by atoms with van der Waals surface area (Å²) in [5, 5.41) is 0. The molecule has 0 saturated heterocycles. The van der Waals surface area contributed by atoms with E-state index in [1.807, 2.05) is 43.5 Å². The van der Waals surface area contributed by atoms with E-state index in [-0.39, 0.29) is 36.1 Å². The van der Waals surface area contributed by atoms with Gasteiger partial charge in [0.05, 0.1) is 5.71 Å². The monoisotopic (exact) mass is 587 g/mol. The maximum absolute atomic E-state index is 12.9. The third kappa shape index (κ3) is 7.11. The van der Waals surface area contributed by atoms with Crippen molar-refractivity contribution in [2.75, 3.05) is 0 Å². The first-order valence-corrected chi connectivity index (χ1v) is 15.5. The lowest BCUT2D eigenvalue weighted by Gasteiger charge is -2.32. The van der Waals surface area contributed by atoms with Crippen LogP contribution in [0.2, 0.25) is 0 Å². The summed E-state index contributed by atoms with van der Waals surface area (Å²) in [6.45, 7) is 3.45. The number of nitrogens with zero attached hydrogens (tertiary/aromatic N) is 1. The van der Waals surface area contributed by atoms with E-state index in [2.05, 4.69) is 35.7 Å². The molecule has 2 saturated carbocycles. The molecule has 1 aliphatic heterocycles. The van der Waals surface area contributed by atoms with Crippen LogP contribution in [0.25, 0.3) is 5.57 Å². The van der Waals surface area contributed by atoms with Crippen LogP contribution in [0.3, 0.4) is 0 Å². The summed E-state index contributed by atoms with van der Waals surface area (Å²) in [4.78, 5) is 30.1. The van der Waals surface area contributed by atoms with Crippen LogP contribution in [0.5, 0.6) is 5.75 Å². The minimum atomic E-state index is -2.79. The SMILES string of the molecule is Cc1ccc(C(=O)C2CCC(C(=O)C3(C)CCCC3)CC2)c(C)c1.FC(F)Oc1ccc(C2=CN=C3C=CC=CC23)cc1.[HH]. The van der Waals surface area contributed by atoms with Crippen LogP contribution in [0.15, 0.2) is 78.0 Å². The zero-order chi connectivity index (χ0) is 30.6. The number of aliphatic imine (C=N–C) groups is 1. The standard InChI is InChI=1S/C22H30O2.C15H11F2NO.H2/c1-15-6-11-19(16(2)14-15)20(23)17-7-9-18(10-8-17)21(24)22(3)12-4-5-13-22;16-15(17)19-11-7-5-10(6-8-11)13-9-18-14-4-2-1-3-12(13)14;/h6,11,14,17-18H,4-5,7-10,12-13H2,1-3H3;1-9,12,15H;1H. The molecule has 43 heavy (non-hydrogen) atoms. The quantitative estimate of drug-likeness (QED) is 0.303. The number of allylic oxidation sites excluding steroid dienone is 5. The number of benzene rings is 2. The molecule has 6 rings (SSSR count). The number of ether oxygens (including phenoxy) is 1. The summed E-state index contributed by atoms with van der Waals surface area (Å²) in [6.07, 6.45) is 17.9. The number of carbonyl (C=O) groups excluding carboxylic acids is 2. The highest BCUT2D eigenvalue weighted by Gasteiger charge is 2.41. The Morgan fingerprint density at radius 3 is 2.28 bits per heavy atom. The molecule has 3 aliphatic carbocycles. The first-order valence-electron chi connectivity index (χ1n) is 15.5. The third-order valence-electron chi connectivity index (χ3n) is 9.52. The van der Waals surface area contributed by atoms with E-state index in [9.17, 15) is 18.4 Å². The molecular weight excluding hydrogens is 544 g/mol. The molecular formula is C37H43F2NO3. The predicted molar refractivity (Wildman–Crippen MR) is 170 cm³/mol. The molecule has 0 N–H and O–H groups in total. The van der Waals surface area contributed by atoms with Crippen LogP contribution >= 0.6 is 0 Å². The molecule has 2 fully saturated rings. The van der Waals surface area contributed by atoms with Crippen molar-refractivity contribution in [3.8, 4) is 5.75 Å². The van der Waals surface area contributed by atoms with Crippen LogP contribution in [-0.4, -0.2) is 23.9 Å². The lowest BCUT2D eigenvalue weighted by atomic mass is 9.70. The normalized spacial score (nSPS) is 23.6. The molecule has 0 amide bonds. The van der Waals surface area contributed by atoms with Gasteiger partial charge in [0.1, 0.15) is 11.5 Å². The average Bonchev–Trinajstić information content (AvgIpc) is 3.64. The molecule has 2 aromatic rings. The molecule has 0 radical (unpaired) electrons. The number of ketones is 2. The van der Waals surface area contributed by atoms with E-state index in [1.54, 1.807) is 24.3 Å². The molecule has 4 nitrogen and oxygen atoms in total. The molecule has 1 unspecified atom stereocenters. The van der Waals surface area contributed by atoms with Gasteiger partial charge in [0, 0.05) is 36.4 Å². The Labute approximate surface area is 255 Å². The smallest absolute Gasteiger partial charge is 0.387 e. The Bertz CT molecular complexity index is 1460. The first-order chi connectivity index (χ1) is 20.6. The van der Waals surface area contributed by atoms with Crippen LogP contribution < -0.4 is 4.74 Å². The lowest BCUT2D eigenvalue weighted by molar-refractivity contribution is -0.133. The molecule has 2 aromatic carbocycles. The van der Waals surface area contributed by atoms with Crippen LogP contribution in [-0.2, 0) is 4.79 Å². The Hall–Kier alpha value is -3.67. The van der Waals surface area contributed by atoms with Crippen molar-refractivity contribution in [3.05, 3.63) is 95.2 Å². The Morgan fingerprint density at radius 1 is 0.953 bits per heavy atom. The van der Waals surface area contributed by atoms with Gasteiger partial charge in [-0.25, -0.2) is 0 Å². The highest BCUT2D eigenvalue weighted by Crippen LogP contribution is 2.44. The fourth-order valence-electron chi connectivity index (χ4n) is 7.05. The summed E-state index contributed by atoms with van der Waals surface area (Å²) < 4.78 is 28.5. The second-order valence-corrected chi connectivity index (χ2v) is 12.6. The maximum atomic E-state index is 12.9. The zero-order valence-electron chi connectivity index (χ0n) is 25.3. The van der Waals surface area contributed by atoms with Gasteiger partial charge in [-0.05, 0) is 87.3 Å². The van der Waals surface area contributed by atoms with Crippen molar-refractivity contribution >= 4 is 22.9 Å². The van der Waals surface area contributed by atoms with Gasteiger partial charge in [0.15, 0.2) is 5.78 Å². The Balaban J connectivity index is 0.000000201. The van der Waals surface area contributed by atoms with Gasteiger partial charge < -0.3 is 4.74 Å². The number of carbonyl (C=O) groups is 2. The second kappa shape index (κ2) is 13.3. The van der Waals surface area contributed by atoms with Gasteiger partial charge in [-0.3, -0.25) is 14.6 Å². The van der Waals surface area contributed by atoms with E-state index in [1.165, 1.54) is 18.4 Å². The van der Waals surface area contributed by atoms with Gasteiger partial charge >= 0.3 is 6.61 Å². The van der Waals surface area contributed by atoms with Gasteiger partial charge in [-0.1, -0.05) is 73.9 Å². The molecule has 0 spiro atoms. The molecule has 6 heteroatoms. The minimum Gasteiger partial charge on any atom is -0.435 e. The predicted octanol–water partition coefficient (Wildman–Crippen LogP) is 9.51. The fourth-order valence-corrected chi connectivity index (χ4v) is 7.05. The molecule has 1 heterocycles. The molecule has 0 aromatic heterocycles. The number of hydrogen-bond acceptors (Lipinski definition) is 4. The Kier molecular flexibility index (Phi) is 9.53. The van der Waals surface area contributed by atoms with Gasteiger partial charge in [-0.15, -0.1) is 0 Å². The summed E-state index contributed by atoms with van der Waals surface area (Å²) in [5.74, 6) is 1.38. The van der Waals surface area contributed by atoms with Gasteiger partial charge in [0.25, 0.3) is 0 Å². The lowest BCUT2D eigenvalue weighted by Crippen LogP contribution is -2.34. The number of rotatable bonds is 7. The number of hydrogen-bond donors (Lipinski definition) is 0. The van der Waals surface area contributed by atoms with Crippen LogP contribution in [0, 0.1) is 37.0 Å². The second-order valence-electron chi connectivity index (χ2n) is 12.6. The van der Waals surface area contributed by atoms with Crippen molar-refractivity contribution in [2.45, 2.75) is 78.7 Å². The van der Waals surface area contributed by atoms with Crippen LogP contribution in [0.1, 0.15) is 86.8 Å². The van der Waals surface area contributed by atoms with Crippen molar-refractivity contribution < 1.29 is 24.5 Å². The third-order valence-corrected chi connectivity index (χ3v) is 9.52. The number of aryl methyl sites for hydroxylation is 2. The highest BCUT2D eigenvalue weighted by atomic mass is 19.3. The Morgan fingerprint density at radius 2 is 1.63 bits per heavy atom. The van der Waals surface area contributed by atoms with Gasteiger partial charge in [-0.2, -0.15) is 8.78 Å². The fraction of sp³-hybridized carbons (Fsp3) is 0.432. The van der Waals surface area contributed by atoms with E-state index < -0.39 is 6.61 Å². The summed E-state index contributed by atoms with van der Waals surface area (Å²) in [7, 11) is 0. The topological polar surface area (TPSA) is 55.7 Å².